The molecule has 2 aromatic carbocycles. The largest absolute Gasteiger partial charge is 0.497 e. The number of benzene rings is 2. The summed E-state index contributed by atoms with van der Waals surface area (Å²) in [6.45, 7) is 3.82. The molecule has 2 aromatic rings. The summed E-state index contributed by atoms with van der Waals surface area (Å²) in [6, 6.07) is 13.2. The molecule has 0 aliphatic carbocycles. The summed E-state index contributed by atoms with van der Waals surface area (Å²) in [5, 5.41) is 0. The number of amides is 1. The van der Waals surface area contributed by atoms with Crippen LogP contribution in [0.1, 0.15) is 35.2 Å². The second-order valence-corrected chi connectivity index (χ2v) is 6.27. The predicted molar refractivity (Wildman–Crippen MR) is 100 cm³/mol. The molecule has 0 saturated carbocycles. The first-order chi connectivity index (χ1) is 12.7. The lowest BCUT2D eigenvalue weighted by Crippen LogP contribution is -2.29. The van der Waals surface area contributed by atoms with Gasteiger partial charge in [0.15, 0.2) is 0 Å². The summed E-state index contributed by atoms with van der Waals surface area (Å²) < 4.78 is 16.5. The summed E-state index contributed by atoms with van der Waals surface area (Å²) >= 11 is 0. The van der Waals surface area contributed by atoms with Gasteiger partial charge in [0.05, 0.1) is 26.4 Å². The molecule has 1 amide bonds. The van der Waals surface area contributed by atoms with Crippen molar-refractivity contribution in [2.24, 2.45) is 0 Å². The molecule has 5 nitrogen and oxygen atoms in total. The number of carbonyl (C=O) groups is 1. The lowest BCUT2D eigenvalue weighted by molar-refractivity contribution is 0.0786. The van der Waals surface area contributed by atoms with Gasteiger partial charge in [-0.3, -0.25) is 4.79 Å². The molecule has 5 heteroatoms. The molecule has 26 heavy (non-hydrogen) atoms. The molecule has 1 fully saturated rings. The summed E-state index contributed by atoms with van der Waals surface area (Å²) in [7, 11) is 3.32. The minimum atomic E-state index is 0.0124. The van der Waals surface area contributed by atoms with Crippen LogP contribution in [0.4, 0.5) is 0 Å². The van der Waals surface area contributed by atoms with Crippen LogP contribution in [0.2, 0.25) is 0 Å². The zero-order chi connectivity index (χ0) is 18.5. The summed E-state index contributed by atoms with van der Waals surface area (Å²) in [5.41, 5.74) is 1.70. The molecule has 1 heterocycles. The van der Waals surface area contributed by atoms with Crippen molar-refractivity contribution in [3.63, 3.8) is 0 Å². The Balaban J connectivity index is 1.80. The average molecular weight is 355 g/mol. The van der Waals surface area contributed by atoms with E-state index in [-0.39, 0.29) is 11.8 Å². The number of hydrogen-bond acceptors (Lipinski definition) is 4. The SMILES string of the molecule is CCOc1ccccc1C(=O)N1CC[C@@H](c2cc(OC)ccc2OC)C1. The van der Waals surface area contributed by atoms with Crippen molar-refractivity contribution < 1.29 is 19.0 Å². The van der Waals surface area contributed by atoms with Crippen molar-refractivity contribution in [3.05, 3.63) is 53.6 Å². The Morgan fingerprint density at radius 1 is 1.12 bits per heavy atom. The highest BCUT2D eigenvalue weighted by atomic mass is 16.5. The van der Waals surface area contributed by atoms with Gasteiger partial charge in [0.1, 0.15) is 17.2 Å². The lowest BCUT2D eigenvalue weighted by Gasteiger charge is -2.19. The molecular formula is C21H25NO4. The fourth-order valence-electron chi connectivity index (χ4n) is 3.45. The molecule has 0 bridgehead atoms. The lowest BCUT2D eigenvalue weighted by atomic mass is 9.97. The second-order valence-electron chi connectivity index (χ2n) is 6.27. The van der Waals surface area contributed by atoms with Crippen molar-refractivity contribution in [2.45, 2.75) is 19.3 Å². The fraction of sp³-hybridized carbons (Fsp3) is 0.381. The Morgan fingerprint density at radius 3 is 2.65 bits per heavy atom. The summed E-state index contributed by atoms with van der Waals surface area (Å²) in [4.78, 5) is 14.9. The third-order valence-electron chi connectivity index (χ3n) is 4.77. The summed E-state index contributed by atoms with van der Waals surface area (Å²) in [5.74, 6) is 2.51. The fourth-order valence-corrected chi connectivity index (χ4v) is 3.45. The van der Waals surface area contributed by atoms with Crippen LogP contribution < -0.4 is 14.2 Å². The Kier molecular flexibility index (Phi) is 5.66. The third-order valence-corrected chi connectivity index (χ3v) is 4.77. The molecule has 0 unspecified atom stereocenters. The smallest absolute Gasteiger partial charge is 0.257 e. The predicted octanol–water partition coefficient (Wildman–Crippen LogP) is 3.73. The van der Waals surface area contributed by atoms with Crippen LogP contribution in [-0.2, 0) is 0 Å². The van der Waals surface area contributed by atoms with E-state index < -0.39 is 0 Å². The molecule has 1 aliphatic heterocycles. The van der Waals surface area contributed by atoms with Gasteiger partial charge in [0, 0.05) is 24.6 Å². The van der Waals surface area contributed by atoms with Crippen molar-refractivity contribution in [1.29, 1.82) is 0 Å². The van der Waals surface area contributed by atoms with Crippen molar-refractivity contribution >= 4 is 5.91 Å². The van der Waals surface area contributed by atoms with Gasteiger partial charge in [-0.25, -0.2) is 0 Å². The van der Waals surface area contributed by atoms with Crippen LogP contribution in [-0.4, -0.2) is 44.7 Å². The molecule has 138 valence electrons. The molecule has 0 radical (unpaired) electrons. The van der Waals surface area contributed by atoms with E-state index in [4.69, 9.17) is 14.2 Å². The highest BCUT2D eigenvalue weighted by Crippen LogP contribution is 2.36. The Hall–Kier alpha value is -2.69. The molecule has 3 rings (SSSR count). The molecule has 1 atom stereocenters. The monoisotopic (exact) mass is 355 g/mol. The first-order valence-electron chi connectivity index (χ1n) is 8.91. The van der Waals surface area contributed by atoms with Gasteiger partial charge in [-0.1, -0.05) is 12.1 Å². The van der Waals surface area contributed by atoms with E-state index in [1.165, 1.54) is 0 Å². The maximum Gasteiger partial charge on any atom is 0.257 e. The van der Waals surface area contributed by atoms with Crippen LogP contribution in [0, 0.1) is 0 Å². The standard InChI is InChI=1S/C21H25NO4/c1-4-26-20-8-6-5-7-17(20)21(23)22-12-11-15(14-22)18-13-16(24-2)9-10-19(18)25-3/h5-10,13,15H,4,11-12,14H2,1-3H3/t15-/m1/s1. The summed E-state index contributed by atoms with van der Waals surface area (Å²) in [6.07, 6.45) is 0.895. The molecule has 0 spiro atoms. The van der Waals surface area contributed by atoms with E-state index in [2.05, 4.69) is 0 Å². The van der Waals surface area contributed by atoms with E-state index >= 15 is 0 Å². The number of methoxy groups -OCH3 is 2. The number of likely N-dealkylation sites (tertiary alicyclic amines) is 1. The Bertz CT molecular complexity index is 774. The van der Waals surface area contributed by atoms with E-state index in [0.29, 0.717) is 31.0 Å². The average Bonchev–Trinajstić information content (AvgIpc) is 3.17. The zero-order valence-electron chi connectivity index (χ0n) is 15.5. The third kappa shape index (κ3) is 3.62. The van der Waals surface area contributed by atoms with E-state index in [0.717, 1.165) is 23.5 Å². The number of hydrogen-bond donors (Lipinski definition) is 0. The van der Waals surface area contributed by atoms with Crippen LogP contribution in [0.3, 0.4) is 0 Å². The zero-order valence-corrected chi connectivity index (χ0v) is 15.5. The molecule has 1 saturated heterocycles. The number of carbonyl (C=O) groups excluding carboxylic acids is 1. The van der Waals surface area contributed by atoms with Gasteiger partial charge < -0.3 is 19.1 Å². The van der Waals surface area contributed by atoms with Crippen LogP contribution in [0.5, 0.6) is 17.2 Å². The Labute approximate surface area is 154 Å². The molecule has 1 aliphatic rings. The minimum absolute atomic E-state index is 0.0124. The molecule has 0 N–H and O–H groups in total. The van der Waals surface area contributed by atoms with Crippen LogP contribution in [0.15, 0.2) is 42.5 Å². The van der Waals surface area contributed by atoms with Gasteiger partial charge in [-0.05, 0) is 43.7 Å². The van der Waals surface area contributed by atoms with Crippen molar-refractivity contribution in [2.75, 3.05) is 33.9 Å². The normalized spacial score (nSPS) is 16.4. The van der Waals surface area contributed by atoms with Gasteiger partial charge in [0.25, 0.3) is 5.91 Å². The highest BCUT2D eigenvalue weighted by molar-refractivity contribution is 5.97. The number of rotatable bonds is 6. The highest BCUT2D eigenvalue weighted by Gasteiger charge is 2.31. The number of ether oxygens (including phenoxy) is 3. The first-order valence-corrected chi connectivity index (χ1v) is 8.91. The van der Waals surface area contributed by atoms with Crippen molar-refractivity contribution in [1.82, 2.24) is 4.90 Å². The second kappa shape index (κ2) is 8.13. The van der Waals surface area contributed by atoms with Gasteiger partial charge in [0.2, 0.25) is 0 Å². The van der Waals surface area contributed by atoms with Gasteiger partial charge >= 0.3 is 0 Å². The van der Waals surface area contributed by atoms with E-state index in [1.807, 2.05) is 54.3 Å². The van der Waals surface area contributed by atoms with E-state index in [1.54, 1.807) is 14.2 Å². The molecular weight excluding hydrogens is 330 g/mol. The van der Waals surface area contributed by atoms with Crippen LogP contribution >= 0.6 is 0 Å². The minimum Gasteiger partial charge on any atom is -0.497 e. The maximum atomic E-state index is 13.0. The number of nitrogens with zero attached hydrogens (tertiary/aromatic N) is 1. The maximum absolute atomic E-state index is 13.0. The number of para-hydroxylation sites is 1. The van der Waals surface area contributed by atoms with Crippen LogP contribution in [0.25, 0.3) is 0 Å². The topological polar surface area (TPSA) is 48.0 Å². The quantitative estimate of drug-likeness (QED) is 0.792. The Morgan fingerprint density at radius 2 is 1.92 bits per heavy atom. The van der Waals surface area contributed by atoms with E-state index in [9.17, 15) is 4.79 Å². The van der Waals surface area contributed by atoms with Crippen molar-refractivity contribution in [3.8, 4) is 17.2 Å². The molecule has 0 aromatic heterocycles. The first kappa shape index (κ1) is 18.1. The van der Waals surface area contributed by atoms with Gasteiger partial charge in [-0.15, -0.1) is 0 Å². The van der Waals surface area contributed by atoms with Gasteiger partial charge in [-0.2, -0.15) is 0 Å².